The Hall–Kier alpha value is -0.610. The zero-order valence-electron chi connectivity index (χ0n) is 14.9. The van der Waals surface area contributed by atoms with E-state index in [1.54, 1.807) is 0 Å². The topological polar surface area (TPSA) is 77.8 Å². The summed E-state index contributed by atoms with van der Waals surface area (Å²) in [5, 5.41) is 30.8. The minimum absolute atomic E-state index is 0.152. The number of aliphatic hydroxyl groups excluding tert-OH is 2. The van der Waals surface area contributed by atoms with Crippen molar-refractivity contribution in [3.05, 3.63) is 0 Å². The van der Waals surface area contributed by atoms with Crippen LogP contribution in [0.15, 0.2) is 0 Å². The van der Waals surface area contributed by atoms with Crippen LogP contribution in [0.2, 0.25) is 0 Å². The molecule has 4 rings (SSSR count). The Morgan fingerprint density at radius 3 is 2.42 bits per heavy atom. The molecule has 24 heavy (non-hydrogen) atoms. The van der Waals surface area contributed by atoms with Gasteiger partial charge in [0.15, 0.2) is 0 Å². The zero-order chi connectivity index (χ0) is 17.3. The zero-order valence-corrected chi connectivity index (χ0v) is 14.9. The monoisotopic (exact) mass is 336 g/mol. The molecule has 0 heterocycles. The van der Waals surface area contributed by atoms with Crippen LogP contribution < -0.4 is 0 Å². The second-order valence-electron chi connectivity index (χ2n) is 9.67. The summed E-state index contributed by atoms with van der Waals surface area (Å²) in [4.78, 5) is 11.8. The Morgan fingerprint density at radius 1 is 0.958 bits per heavy atom. The van der Waals surface area contributed by atoms with Gasteiger partial charge in [0.1, 0.15) is 0 Å². The smallest absolute Gasteiger partial charge is 0.307 e. The van der Waals surface area contributed by atoms with Gasteiger partial charge in [-0.15, -0.1) is 0 Å². The highest BCUT2D eigenvalue weighted by Gasteiger charge is 2.64. The van der Waals surface area contributed by atoms with Crippen molar-refractivity contribution < 1.29 is 20.1 Å². The molecule has 136 valence electrons. The Kier molecular flexibility index (Phi) is 3.82. The second-order valence-corrected chi connectivity index (χ2v) is 9.67. The number of aliphatic carboxylic acids is 1. The Labute approximate surface area is 144 Å². The van der Waals surface area contributed by atoms with Crippen LogP contribution in [0.25, 0.3) is 0 Å². The van der Waals surface area contributed by atoms with Gasteiger partial charge in [-0.1, -0.05) is 13.8 Å². The highest BCUT2D eigenvalue weighted by molar-refractivity contribution is 5.71. The molecule has 0 aromatic heterocycles. The standard InChI is InChI=1S/C20H32O4/c1-19-8-7-12(21)9-11(19)3-4-13-14-5-6-15(18(23)24)20(14,2)17(22)10-16(13)19/h11-17,21-22H,3-10H2,1-2H3,(H,23,24)/t11-,12+,13+,14-,15+,16+,17+,19-,20-/m0/s1. The van der Waals surface area contributed by atoms with Crippen LogP contribution in [0, 0.1) is 40.4 Å². The molecule has 0 unspecified atom stereocenters. The number of aliphatic hydroxyl groups is 2. The van der Waals surface area contributed by atoms with E-state index in [0.717, 1.165) is 51.4 Å². The molecule has 0 aromatic rings. The van der Waals surface area contributed by atoms with Crippen LogP contribution in [0.5, 0.6) is 0 Å². The van der Waals surface area contributed by atoms with Gasteiger partial charge in [-0.3, -0.25) is 4.79 Å². The molecule has 4 nitrogen and oxygen atoms in total. The van der Waals surface area contributed by atoms with Crippen LogP contribution in [-0.2, 0) is 4.79 Å². The lowest BCUT2D eigenvalue weighted by atomic mass is 9.44. The van der Waals surface area contributed by atoms with Gasteiger partial charge in [0.2, 0.25) is 0 Å². The quantitative estimate of drug-likeness (QED) is 0.688. The molecule has 0 bridgehead atoms. The van der Waals surface area contributed by atoms with Gasteiger partial charge >= 0.3 is 5.97 Å². The van der Waals surface area contributed by atoms with Gasteiger partial charge in [0.25, 0.3) is 0 Å². The van der Waals surface area contributed by atoms with E-state index < -0.39 is 23.4 Å². The summed E-state index contributed by atoms with van der Waals surface area (Å²) in [6.07, 6.45) is 6.93. The summed E-state index contributed by atoms with van der Waals surface area (Å²) in [6, 6.07) is 0. The van der Waals surface area contributed by atoms with Crippen LogP contribution in [0.1, 0.15) is 65.2 Å². The van der Waals surface area contributed by atoms with Crippen molar-refractivity contribution in [3.63, 3.8) is 0 Å². The fourth-order valence-electron chi connectivity index (χ4n) is 7.61. The van der Waals surface area contributed by atoms with E-state index in [1.165, 1.54) is 0 Å². The summed E-state index contributed by atoms with van der Waals surface area (Å²) in [5.74, 6) is 0.840. The van der Waals surface area contributed by atoms with Crippen LogP contribution in [-0.4, -0.2) is 33.5 Å². The highest BCUT2D eigenvalue weighted by atomic mass is 16.4. The fourth-order valence-corrected chi connectivity index (χ4v) is 7.61. The van der Waals surface area contributed by atoms with Crippen molar-refractivity contribution in [1.29, 1.82) is 0 Å². The van der Waals surface area contributed by atoms with E-state index in [0.29, 0.717) is 23.7 Å². The molecule has 0 amide bonds. The lowest BCUT2D eigenvalue weighted by Crippen LogP contribution is -2.59. The van der Waals surface area contributed by atoms with Crippen LogP contribution >= 0.6 is 0 Å². The van der Waals surface area contributed by atoms with Gasteiger partial charge in [0, 0.05) is 5.41 Å². The molecule has 4 saturated carbocycles. The Balaban J connectivity index is 1.66. The van der Waals surface area contributed by atoms with E-state index >= 15 is 0 Å². The van der Waals surface area contributed by atoms with Crippen molar-refractivity contribution in [1.82, 2.24) is 0 Å². The predicted octanol–water partition coefficient (Wildman–Crippen LogP) is 3.06. The average molecular weight is 336 g/mol. The van der Waals surface area contributed by atoms with E-state index in [-0.39, 0.29) is 11.5 Å². The molecule has 4 aliphatic carbocycles. The molecule has 0 spiro atoms. The molecular formula is C20H32O4. The first kappa shape index (κ1) is 16.8. The molecule has 0 saturated heterocycles. The number of carbonyl (C=O) groups is 1. The molecule has 0 aliphatic heterocycles. The fraction of sp³-hybridized carbons (Fsp3) is 0.950. The summed E-state index contributed by atoms with van der Waals surface area (Å²) >= 11 is 0. The first-order valence-corrected chi connectivity index (χ1v) is 9.87. The van der Waals surface area contributed by atoms with Gasteiger partial charge in [-0.05, 0) is 80.5 Å². The highest BCUT2D eigenvalue weighted by Crippen LogP contribution is 2.67. The third-order valence-electron chi connectivity index (χ3n) is 9.04. The maximum absolute atomic E-state index is 11.8. The van der Waals surface area contributed by atoms with Crippen LogP contribution in [0.4, 0.5) is 0 Å². The predicted molar refractivity (Wildman–Crippen MR) is 90.2 cm³/mol. The van der Waals surface area contributed by atoms with Gasteiger partial charge in [-0.2, -0.15) is 0 Å². The summed E-state index contributed by atoms with van der Waals surface area (Å²) in [6.45, 7) is 4.43. The number of rotatable bonds is 1. The van der Waals surface area contributed by atoms with E-state index in [9.17, 15) is 20.1 Å². The first-order chi connectivity index (χ1) is 11.3. The molecule has 4 fully saturated rings. The number of carboxylic acids is 1. The number of hydrogen-bond acceptors (Lipinski definition) is 3. The maximum atomic E-state index is 11.8. The van der Waals surface area contributed by atoms with E-state index in [2.05, 4.69) is 6.92 Å². The second kappa shape index (κ2) is 5.44. The number of carboxylic acid groups (broad SMARTS) is 1. The number of hydrogen-bond donors (Lipinski definition) is 3. The first-order valence-electron chi connectivity index (χ1n) is 9.87. The van der Waals surface area contributed by atoms with Crippen molar-refractivity contribution in [2.75, 3.05) is 0 Å². The summed E-state index contributed by atoms with van der Waals surface area (Å²) < 4.78 is 0. The van der Waals surface area contributed by atoms with Crippen LogP contribution in [0.3, 0.4) is 0 Å². The Morgan fingerprint density at radius 2 is 1.71 bits per heavy atom. The normalized spacial score (nSPS) is 56.9. The third-order valence-corrected chi connectivity index (χ3v) is 9.04. The molecule has 0 radical (unpaired) electrons. The molecule has 4 aliphatic rings. The molecule has 4 heteroatoms. The lowest BCUT2D eigenvalue weighted by molar-refractivity contribution is -0.180. The largest absolute Gasteiger partial charge is 0.481 e. The Bertz CT molecular complexity index is 534. The molecular weight excluding hydrogens is 304 g/mol. The van der Waals surface area contributed by atoms with Crippen molar-refractivity contribution in [2.45, 2.75) is 77.4 Å². The van der Waals surface area contributed by atoms with E-state index in [4.69, 9.17) is 0 Å². The van der Waals surface area contributed by atoms with Gasteiger partial charge in [-0.25, -0.2) is 0 Å². The minimum Gasteiger partial charge on any atom is -0.481 e. The van der Waals surface area contributed by atoms with E-state index in [1.807, 2.05) is 6.92 Å². The average Bonchev–Trinajstić information content (AvgIpc) is 2.88. The summed E-state index contributed by atoms with van der Waals surface area (Å²) in [7, 11) is 0. The van der Waals surface area contributed by atoms with Crippen molar-refractivity contribution >= 4 is 5.97 Å². The van der Waals surface area contributed by atoms with Gasteiger partial charge < -0.3 is 15.3 Å². The molecule has 3 N–H and O–H groups in total. The molecule has 9 atom stereocenters. The third kappa shape index (κ3) is 2.08. The van der Waals surface area contributed by atoms with Gasteiger partial charge in [0.05, 0.1) is 18.1 Å². The van der Waals surface area contributed by atoms with Crippen molar-refractivity contribution in [3.8, 4) is 0 Å². The maximum Gasteiger partial charge on any atom is 0.307 e. The van der Waals surface area contributed by atoms with Crippen molar-refractivity contribution in [2.24, 2.45) is 40.4 Å². The SMILES string of the molecule is C[C@]12CC[C@@H](O)C[C@@H]1CC[C@H]1[C@H]2C[C@@H](O)[C@]2(C)[C@@H](C(=O)O)CC[C@@H]12. The number of fused-ring (bicyclic) bond motifs is 5. The molecule has 0 aromatic carbocycles. The minimum atomic E-state index is -0.724. The summed E-state index contributed by atoms with van der Waals surface area (Å²) in [5.41, 5.74) is -0.240. The lowest BCUT2D eigenvalue weighted by Gasteiger charge is -2.61.